The van der Waals surface area contributed by atoms with Crippen molar-refractivity contribution in [2.45, 2.75) is 66.5 Å². The number of aromatic nitrogens is 1. The zero-order chi connectivity index (χ0) is 26.9. The fourth-order valence-electron chi connectivity index (χ4n) is 5.35. The van der Waals surface area contributed by atoms with E-state index in [1.807, 2.05) is 0 Å². The molecule has 0 amide bonds. The Morgan fingerprint density at radius 3 is 2.30 bits per heavy atom. The van der Waals surface area contributed by atoms with Gasteiger partial charge in [-0.15, -0.1) is 0 Å². The Bertz CT molecular complexity index is 1260. The number of hydrogen-bond donors (Lipinski definition) is 2. The Hall–Kier alpha value is -2.87. The van der Waals surface area contributed by atoms with Crippen LogP contribution in [0.1, 0.15) is 49.6 Å². The summed E-state index contributed by atoms with van der Waals surface area (Å²) >= 11 is 0. The van der Waals surface area contributed by atoms with E-state index in [0.29, 0.717) is 0 Å². The number of benzene rings is 2. The minimum Gasteiger partial charge on any atom is -0.481 e. The van der Waals surface area contributed by atoms with Crippen LogP contribution in [0.5, 0.6) is 0 Å². The lowest BCUT2D eigenvalue weighted by atomic mass is 9.88. The Morgan fingerprint density at radius 1 is 1.03 bits per heavy atom. The van der Waals surface area contributed by atoms with Crippen LogP contribution in [0.4, 0.5) is 5.69 Å². The summed E-state index contributed by atoms with van der Waals surface area (Å²) < 4.78 is 2.41. The quantitative estimate of drug-likeness (QED) is 0.484. The zero-order valence-electron chi connectivity index (χ0n) is 23.1. The summed E-state index contributed by atoms with van der Waals surface area (Å²) in [5, 5.41) is 21.5. The Balaban J connectivity index is 0.000000586. The molecule has 37 heavy (non-hydrogen) atoms. The van der Waals surface area contributed by atoms with E-state index in [4.69, 9.17) is 9.94 Å². The first-order chi connectivity index (χ1) is 17.4. The van der Waals surface area contributed by atoms with Crippen LogP contribution in [-0.4, -0.2) is 64.2 Å². The predicted molar refractivity (Wildman–Crippen MR) is 149 cm³/mol. The first kappa shape index (κ1) is 27.2. The third-order valence-corrected chi connectivity index (χ3v) is 6.93. The molecule has 0 spiro atoms. The van der Waals surface area contributed by atoms with E-state index in [1.54, 1.807) is 20.8 Å². The minimum atomic E-state index is -0.794. The molecule has 0 radical (unpaired) electrons. The maximum Gasteiger partial charge on any atom is 0.307 e. The summed E-state index contributed by atoms with van der Waals surface area (Å²) in [4.78, 5) is 20.1. The molecule has 0 atom stereocenters. The van der Waals surface area contributed by atoms with Crippen molar-refractivity contribution >= 4 is 22.6 Å². The van der Waals surface area contributed by atoms with Gasteiger partial charge in [-0.25, -0.2) is 0 Å². The van der Waals surface area contributed by atoms with Gasteiger partial charge < -0.3 is 19.7 Å². The van der Waals surface area contributed by atoms with Crippen LogP contribution in [0.25, 0.3) is 22.0 Å². The molecule has 5 rings (SSSR count). The molecule has 3 heterocycles. The Morgan fingerprint density at radius 2 is 1.70 bits per heavy atom. The van der Waals surface area contributed by atoms with Crippen molar-refractivity contribution < 1.29 is 19.8 Å². The number of nitrogens with zero attached hydrogens (tertiary/aromatic N) is 3. The molecular weight excluding hydrogens is 466 g/mol. The van der Waals surface area contributed by atoms with Gasteiger partial charge >= 0.3 is 5.97 Å². The second-order valence-corrected chi connectivity index (χ2v) is 11.2. The number of aliphatic carboxylic acids is 1. The number of hydrogen-bond acceptors (Lipinski definition) is 5. The molecule has 0 saturated carbocycles. The predicted octanol–water partition coefficient (Wildman–Crippen LogP) is 5.10. The maximum absolute atomic E-state index is 11.9. The SMILES string of the molecule is CC(C)(C)O.Cc1ccc(-c2c(CC(=O)O)c(C)c3c4c2cc(C)n4CCN3CCN2CCCO2)cc1. The van der Waals surface area contributed by atoms with Gasteiger partial charge in [0.1, 0.15) is 0 Å². The van der Waals surface area contributed by atoms with Crippen molar-refractivity contribution in [2.75, 3.05) is 37.7 Å². The normalized spacial score (nSPS) is 15.7. The highest BCUT2D eigenvalue weighted by molar-refractivity contribution is 6.07. The Kier molecular flexibility index (Phi) is 7.97. The monoisotopic (exact) mass is 507 g/mol. The highest BCUT2D eigenvalue weighted by Crippen LogP contribution is 2.44. The van der Waals surface area contributed by atoms with Crippen molar-refractivity contribution in [3.63, 3.8) is 0 Å². The van der Waals surface area contributed by atoms with Crippen LogP contribution < -0.4 is 4.90 Å². The molecule has 1 saturated heterocycles. The van der Waals surface area contributed by atoms with Gasteiger partial charge in [-0.3, -0.25) is 9.63 Å². The van der Waals surface area contributed by atoms with Crippen LogP contribution in [0.15, 0.2) is 30.3 Å². The molecule has 2 N–H and O–H groups in total. The second-order valence-electron chi connectivity index (χ2n) is 11.2. The molecule has 2 aromatic carbocycles. The van der Waals surface area contributed by atoms with Gasteiger partial charge in [0.25, 0.3) is 0 Å². The van der Waals surface area contributed by atoms with E-state index in [-0.39, 0.29) is 6.42 Å². The highest BCUT2D eigenvalue weighted by atomic mass is 16.7. The number of carbonyl (C=O) groups is 1. The molecule has 0 bridgehead atoms. The number of carboxylic acid groups (broad SMARTS) is 1. The smallest absolute Gasteiger partial charge is 0.307 e. The molecule has 200 valence electrons. The molecule has 2 aliphatic rings. The fourth-order valence-corrected chi connectivity index (χ4v) is 5.35. The van der Waals surface area contributed by atoms with Gasteiger partial charge in [0.15, 0.2) is 0 Å². The van der Waals surface area contributed by atoms with Crippen LogP contribution in [0.3, 0.4) is 0 Å². The van der Waals surface area contributed by atoms with Crippen molar-refractivity contribution in [3.8, 4) is 11.1 Å². The molecule has 2 aliphatic heterocycles. The van der Waals surface area contributed by atoms with Crippen LogP contribution in [0.2, 0.25) is 0 Å². The average Bonchev–Trinajstić information content (AvgIpc) is 3.44. The van der Waals surface area contributed by atoms with Gasteiger partial charge in [-0.05, 0) is 76.3 Å². The van der Waals surface area contributed by atoms with E-state index in [2.05, 4.69) is 65.6 Å². The lowest BCUT2D eigenvalue weighted by Crippen LogP contribution is -2.38. The van der Waals surface area contributed by atoms with E-state index in [0.717, 1.165) is 73.4 Å². The molecular formula is C30H41N3O4. The summed E-state index contributed by atoms with van der Waals surface area (Å²) in [7, 11) is 0. The number of aliphatic hydroxyl groups is 1. The summed E-state index contributed by atoms with van der Waals surface area (Å²) in [5.41, 5.74) is 8.50. The van der Waals surface area contributed by atoms with E-state index in [9.17, 15) is 9.90 Å². The van der Waals surface area contributed by atoms with Crippen molar-refractivity contribution in [1.29, 1.82) is 0 Å². The second kappa shape index (κ2) is 10.9. The van der Waals surface area contributed by atoms with Gasteiger partial charge in [-0.1, -0.05) is 29.8 Å². The maximum atomic E-state index is 11.9. The summed E-state index contributed by atoms with van der Waals surface area (Å²) in [6, 6.07) is 10.7. The number of rotatable bonds is 6. The third-order valence-electron chi connectivity index (χ3n) is 6.93. The lowest BCUT2D eigenvalue weighted by Gasteiger charge is -2.35. The lowest BCUT2D eigenvalue weighted by molar-refractivity contribution is -0.136. The molecule has 7 nitrogen and oxygen atoms in total. The minimum absolute atomic E-state index is 0.0191. The van der Waals surface area contributed by atoms with E-state index < -0.39 is 11.6 Å². The number of anilines is 1. The summed E-state index contributed by atoms with van der Waals surface area (Å²) in [6.07, 6.45) is 1.10. The largest absolute Gasteiger partial charge is 0.481 e. The average molecular weight is 508 g/mol. The Labute approximate surface area is 220 Å². The van der Waals surface area contributed by atoms with Gasteiger partial charge in [0.05, 0.1) is 29.8 Å². The summed E-state index contributed by atoms with van der Waals surface area (Å²) in [6.45, 7) is 16.9. The molecule has 0 unspecified atom stereocenters. The highest BCUT2D eigenvalue weighted by Gasteiger charge is 2.29. The van der Waals surface area contributed by atoms with E-state index in [1.165, 1.54) is 22.5 Å². The standard InChI is InChI=1S/C26H31N3O3.C4H10O/c1-17-5-7-20(8-6-17)24-21(16-23(30)31)19(3)25-26-22(24)15-18(2)29(26)13-11-27(25)10-12-28-9-4-14-32-28;1-4(2,3)5/h5-8,15H,4,9-14,16H2,1-3H3,(H,30,31);5H,1-3H3. The molecule has 1 aromatic heterocycles. The molecule has 0 aliphatic carbocycles. The fraction of sp³-hybridized carbons (Fsp3) is 0.500. The van der Waals surface area contributed by atoms with Crippen LogP contribution in [0, 0.1) is 20.8 Å². The van der Waals surface area contributed by atoms with Crippen molar-refractivity contribution in [3.05, 3.63) is 52.7 Å². The van der Waals surface area contributed by atoms with Crippen LogP contribution in [-0.2, 0) is 22.6 Å². The van der Waals surface area contributed by atoms with Gasteiger partial charge in [0.2, 0.25) is 0 Å². The van der Waals surface area contributed by atoms with E-state index >= 15 is 0 Å². The topological polar surface area (TPSA) is 78.2 Å². The van der Waals surface area contributed by atoms with Gasteiger partial charge in [0, 0.05) is 43.8 Å². The summed E-state index contributed by atoms with van der Waals surface area (Å²) in [5.74, 6) is -0.794. The molecule has 3 aromatic rings. The number of carboxylic acids is 1. The van der Waals surface area contributed by atoms with Crippen molar-refractivity contribution in [2.24, 2.45) is 0 Å². The third kappa shape index (κ3) is 6.17. The molecule has 1 fully saturated rings. The first-order valence-corrected chi connectivity index (χ1v) is 13.2. The molecule has 7 heteroatoms. The van der Waals surface area contributed by atoms with Crippen LogP contribution >= 0.6 is 0 Å². The number of hydroxylamine groups is 2. The number of aryl methyl sites for hydroxylation is 2. The van der Waals surface area contributed by atoms with Crippen molar-refractivity contribution in [1.82, 2.24) is 9.63 Å². The van der Waals surface area contributed by atoms with Gasteiger partial charge in [-0.2, -0.15) is 5.06 Å². The zero-order valence-corrected chi connectivity index (χ0v) is 23.1. The first-order valence-electron chi connectivity index (χ1n) is 13.2.